The molecule has 1 aromatic rings. The van der Waals surface area contributed by atoms with Crippen LogP contribution in [0, 0.1) is 0 Å². The number of hydrogen-bond donors (Lipinski definition) is 4. The van der Waals surface area contributed by atoms with E-state index in [2.05, 4.69) is 16.7 Å². The number of rotatable bonds is 0. The number of benzene rings is 1. The van der Waals surface area contributed by atoms with Gasteiger partial charge in [-0.25, -0.2) is 0 Å². The predicted molar refractivity (Wildman–Crippen MR) is 67.1 cm³/mol. The van der Waals surface area contributed by atoms with Crippen LogP contribution in [0.5, 0.6) is 0 Å². The Bertz CT molecular complexity index is 490. The molecule has 0 fully saturated rings. The van der Waals surface area contributed by atoms with Crippen LogP contribution in [0.3, 0.4) is 0 Å². The number of allylic oxidation sites excluding steroid dienone is 1. The van der Waals surface area contributed by atoms with Gasteiger partial charge in [0, 0.05) is 11.4 Å². The van der Waals surface area contributed by atoms with Gasteiger partial charge < -0.3 is 22.1 Å². The van der Waals surface area contributed by atoms with E-state index in [4.69, 9.17) is 11.5 Å². The number of nitrogens with two attached hydrogens (primary N) is 2. The van der Waals surface area contributed by atoms with Crippen molar-refractivity contribution in [2.45, 2.75) is 12.1 Å². The first-order chi connectivity index (χ1) is 7.72. The third-order valence-electron chi connectivity index (χ3n) is 2.94. The van der Waals surface area contributed by atoms with Crippen LogP contribution in [0.1, 0.15) is 0 Å². The predicted octanol–water partition coefficient (Wildman–Crippen LogP) is 1.26. The van der Waals surface area contributed by atoms with Gasteiger partial charge in [0.25, 0.3) is 0 Å². The molecule has 0 saturated carbocycles. The van der Waals surface area contributed by atoms with Crippen molar-refractivity contribution in [2.24, 2.45) is 5.73 Å². The first-order valence-electron chi connectivity index (χ1n) is 5.30. The summed E-state index contributed by atoms with van der Waals surface area (Å²) in [5, 5.41) is 6.86. The van der Waals surface area contributed by atoms with Gasteiger partial charge in [-0.2, -0.15) is 0 Å². The maximum atomic E-state index is 5.77. The van der Waals surface area contributed by atoms with Crippen molar-refractivity contribution >= 4 is 17.1 Å². The van der Waals surface area contributed by atoms with E-state index in [1.54, 1.807) is 0 Å². The third-order valence-corrected chi connectivity index (χ3v) is 2.94. The molecule has 1 aliphatic carbocycles. The molecule has 1 heterocycles. The van der Waals surface area contributed by atoms with E-state index >= 15 is 0 Å². The number of hydrogen-bond acceptors (Lipinski definition) is 4. The van der Waals surface area contributed by atoms with E-state index in [1.165, 1.54) is 0 Å². The summed E-state index contributed by atoms with van der Waals surface area (Å²) < 4.78 is 0. The Morgan fingerprint density at radius 3 is 2.69 bits per heavy atom. The van der Waals surface area contributed by atoms with Crippen molar-refractivity contribution in [3.8, 4) is 0 Å². The molecule has 2 atom stereocenters. The first kappa shape index (κ1) is 9.15. The van der Waals surface area contributed by atoms with Crippen LogP contribution in [0.25, 0.3) is 0 Å². The minimum absolute atomic E-state index is 0.194. The Morgan fingerprint density at radius 1 is 1.00 bits per heavy atom. The normalized spacial score (nSPS) is 25.9. The molecule has 82 valence electrons. The van der Waals surface area contributed by atoms with Crippen LogP contribution in [0.2, 0.25) is 0 Å². The zero-order valence-electron chi connectivity index (χ0n) is 8.77. The van der Waals surface area contributed by atoms with Crippen LogP contribution < -0.4 is 22.1 Å². The molecule has 0 radical (unpaired) electrons. The monoisotopic (exact) mass is 214 g/mol. The van der Waals surface area contributed by atoms with Crippen LogP contribution in [0.15, 0.2) is 42.1 Å². The molecule has 0 amide bonds. The summed E-state index contributed by atoms with van der Waals surface area (Å²) in [6, 6.07) is 6.26. The van der Waals surface area contributed by atoms with Crippen molar-refractivity contribution in [1.82, 2.24) is 0 Å². The van der Waals surface area contributed by atoms with Crippen LogP contribution in [-0.2, 0) is 0 Å². The summed E-state index contributed by atoms with van der Waals surface area (Å²) in [6.07, 6.45) is 6.02. The van der Waals surface area contributed by atoms with Gasteiger partial charge in [0.1, 0.15) is 0 Å². The SMILES string of the molecule is NC1=CC2Nc3cc(N)ccc3NC2C=C1. The van der Waals surface area contributed by atoms with Crippen LogP contribution in [-0.4, -0.2) is 12.1 Å². The highest BCUT2D eigenvalue weighted by Gasteiger charge is 2.25. The molecule has 0 aromatic heterocycles. The molecule has 16 heavy (non-hydrogen) atoms. The summed E-state index contributed by atoms with van der Waals surface area (Å²) >= 11 is 0. The average Bonchev–Trinajstić information content (AvgIpc) is 2.26. The Labute approximate surface area is 94.0 Å². The highest BCUT2D eigenvalue weighted by Crippen LogP contribution is 2.32. The van der Waals surface area contributed by atoms with E-state index in [1.807, 2.05) is 30.4 Å². The first-order valence-corrected chi connectivity index (χ1v) is 5.30. The van der Waals surface area contributed by atoms with Gasteiger partial charge in [-0.1, -0.05) is 6.08 Å². The molecule has 4 heteroatoms. The maximum absolute atomic E-state index is 5.77. The van der Waals surface area contributed by atoms with E-state index in [-0.39, 0.29) is 12.1 Å². The number of fused-ring (bicyclic) bond motifs is 2. The van der Waals surface area contributed by atoms with Gasteiger partial charge >= 0.3 is 0 Å². The van der Waals surface area contributed by atoms with Crippen LogP contribution in [0.4, 0.5) is 17.1 Å². The average molecular weight is 214 g/mol. The van der Waals surface area contributed by atoms with E-state index in [9.17, 15) is 0 Å². The Morgan fingerprint density at radius 2 is 1.81 bits per heavy atom. The molecule has 2 unspecified atom stereocenters. The fraction of sp³-hybridized carbons (Fsp3) is 0.167. The molecule has 3 rings (SSSR count). The largest absolute Gasteiger partial charge is 0.399 e. The van der Waals surface area contributed by atoms with Crippen molar-refractivity contribution in [3.05, 3.63) is 42.1 Å². The zero-order valence-corrected chi connectivity index (χ0v) is 8.77. The number of nitrogen functional groups attached to an aromatic ring is 1. The zero-order chi connectivity index (χ0) is 11.1. The Balaban J connectivity index is 1.98. The summed E-state index contributed by atoms with van der Waals surface area (Å²) in [4.78, 5) is 0. The third kappa shape index (κ3) is 1.39. The standard InChI is InChI=1S/C12H14N4/c13-7-1-3-9-11(5-7)16-12-6-8(14)2-4-10(12)15-9/h1-6,9,11,15-16H,13-14H2. The molecule has 1 aliphatic heterocycles. The molecule has 4 nitrogen and oxygen atoms in total. The quantitative estimate of drug-likeness (QED) is 0.490. The molecule has 0 spiro atoms. The summed E-state index contributed by atoms with van der Waals surface area (Å²) in [6.45, 7) is 0. The van der Waals surface area contributed by atoms with E-state index in [0.717, 1.165) is 22.8 Å². The molecular weight excluding hydrogens is 200 g/mol. The lowest BCUT2D eigenvalue weighted by Gasteiger charge is -2.35. The minimum Gasteiger partial charge on any atom is -0.399 e. The fourth-order valence-electron chi connectivity index (χ4n) is 2.14. The van der Waals surface area contributed by atoms with E-state index in [0.29, 0.717) is 0 Å². The van der Waals surface area contributed by atoms with Gasteiger partial charge in [0.2, 0.25) is 0 Å². The van der Waals surface area contributed by atoms with Crippen molar-refractivity contribution in [3.63, 3.8) is 0 Å². The molecule has 0 bridgehead atoms. The molecule has 0 saturated heterocycles. The van der Waals surface area contributed by atoms with Crippen molar-refractivity contribution < 1.29 is 0 Å². The van der Waals surface area contributed by atoms with Gasteiger partial charge in [-0.05, 0) is 30.4 Å². The lowest BCUT2D eigenvalue weighted by atomic mass is 9.97. The summed E-state index contributed by atoms with van der Waals surface area (Å²) in [5.41, 5.74) is 15.2. The van der Waals surface area contributed by atoms with Crippen LogP contribution >= 0.6 is 0 Å². The smallest absolute Gasteiger partial charge is 0.0705 e. The van der Waals surface area contributed by atoms with E-state index < -0.39 is 0 Å². The second-order valence-corrected chi connectivity index (χ2v) is 4.17. The molecular formula is C12H14N4. The second kappa shape index (κ2) is 3.20. The maximum Gasteiger partial charge on any atom is 0.0705 e. The highest BCUT2D eigenvalue weighted by molar-refractivity contribution is 5.76. The number of anilines is 3. The molecule has 1 aromatic carbocycles. The topological polar surface area (TPSA) is 76.1 Å². The Kier molecular flexibility index (Phi) is 1.83. The lowest BCUT2D eigenvalue weighted by Crippen LogP contribution is -2.42. The number of nitrogens with one attached hydrogen (secondary N) is 2. The van der Waals surface area contributed by atoms with Crippen molar-refractivity contribution in [1.29, 1.82) is 0 Å². The lowest BCUT2D eigenvalue weighted by molar-refractivity contribution is 0.757. The van der Waals surface area contributed by atoms with Gasteiger partial charge in [-0.15, -0.1) is 0 Å². The molecule has 6 N–H and O–H groups in total. The minimum atomic E-state index is 0.194. The van der Waals surface area contributed by atoms with Gasteiger partial charge in [-0.3, -0.25) is 0 Å². The van der Waals surface area contributed by atoms with Crippen molar-refractivity contribution in [2.75, 3.05) is 16.4 Å². The highest BCUT2D eigenvalue weighted by atomic mass is 15.1. The fourth-order valence-corrected chi connectivity index (χ4v) is 2.14. The molecule has 2 aliphatic rings. The summed E-state index contributed by atoms with van der Waals surface area (Å²) in [7, 11) is 0. The summed E-state index contributed by atoms with van der Waals surface area (Å²) in [5.74, 6) is 0. The van der Waals surface area contributed by atoms with Gasteiger partial charge in [0.15, 0.2) is 0 Å². The van der Waals surface area contributed by atoms with Gasteiger partial charge in [0.05, 0.1) is 23.5 Å². The second-order valence-electron chi connectivity index (χ2n) is 4.17. The Hall–Kier alpha value is -2.10.